The van der Waals surface area contributed by atoms with Crippen molar-refractivity contribution >= 4 is 17.7 Å². The van der Waals surface area contributed by atoms with E-state index >= 15 is 0 Å². The summed E-state index contributed by atoms with van der Waals surface area (Å²) < 4.78 is 12.7. The van der Waals surface area contributed by atoms with E-state index in [1.807, 2.05) is 40.8 Å². The van der Waals surface area contributed by atoms with Crippen LogP contribution in [0.1, 0.15) is 13.3 Å². The molecule has 3 rings (SSSR count). The van der Waals surface area contributed by atoms with Gasteiger partial charge < -0.3 is 18.9 Å². The van der Waals surface area contributed by atoms with Crippen LogP contribution >= 0.6 is 11.8 Å². The number of benzene rings is 1. The average molecular weight is 376 g/mol. The molecule has 7 nitrogen and oxygen atoms in total. The maximum absolute atomic E-state index is 12.5. The number of carbonyl (C=O) groups excluding carboxylic acids is 1. The highest BCUT2D eigenvalue weighted by Crippen LogP contribution is 2.24. The molecule has 1 aliphatic heterocycles. The van der Waals surface area contributed by atoms with Crippen molar-refractivity contribution in [2.24, 2.45) is 7.05 Å². The Labute approximate surface area is 157 Å². The molecular formula is C18H24N4O3S. The van der Waals surface area contributed by atoms with Gasteiger partial charge in [-0.05, 0) is 30.7 Å². The minimum absolute atomic E-state index is 0.116. The van der Waals surface area contributed by atoms with Crippen molar-refractivity contribution in [1.82, 2.24) is 19.7 Å². The summed E-state index contributed by atoms with van der Waals surface area (Å²) in [5, 5.41) is 9.22. The number of carbonyl (C=O) groups is 1. The fourth-order valence-corrected chi connectivity index (χ4v) is 3.66. The van der Waals surface area contributed by atoms with E-state index in [4.69, 9.17) is 9.47 Å². The van der Waals surface area contributed by atoms with Crippen molar-refractivity contribution < 1.29 is 14.3 Å². The normalized spacial score (nSPS) is 17.3. The number of ether oxygens (including phenoxy) is 2. The van der Waals surface area contributed by atoms with Gasteiger partial charge in [-0.2, -0.15) is 0 Å². The molecule has 26 heavy (non-hydrogen) atoms. The molecule has 1 fully saturated rings. The van der Waals surface area contributed by atoms with Crippen molar-refractivity contribution in [3.63, 3.8) is 0 Å². The van der Waals surface area contributed by atoms with E-state index in [9.17, 15) is 4.79 Å². The smallest absolute Gasteiger partial charge is 0.233 e. The lowest BCUT2D eigenvalue weighted by molar-refractivity contribution is -0.135. The van der Waals surface area contributed by atoms with Crippen LogP contribution in [0, 0.1) is 0 Å². The zero-order valence-corrected chi connectivity index (χ0v) is 16.2. The topological polar surface area (TPSA) is 69.5 Å². The molecule has 1 aromatic carbocycles. The van der Waals surface area contributed by atoms with Gasteiger partial charge in [0, 0.05) is 25.7 Å². The van der Waals surface area contributed by atoms with Gasteiger partial charge in [0.05, 0.1) is 25.6 Å². The predicted octanol–water partition coefficient (Wildman–Crippen LogP) is 2.22. The molecule has 2 aromatic rings. The van der Waals surface area contributed by atoms with E-state index in [-0.39, 0.29) is 12.0 Å². The van der Waals surface area contributed by atoms with Crippen molar-refractivity contribution in [3.05, 3.63) is 24.3 Å². The third-order valence-electron chi connectivity index (χ3n) is 4.45. The van der Waals surface area contributed by atoms with Gasteiger partial charge in [-0.25, -0.2) is 0 Å². The highest BCUT2D eigenvalue weighted by molar-refractivity contribution is 7.99. The number of aromatic nitrogens is 3. The number of rotatable bonds is 6. The van der Waals surface area contributed by atoms with Gasteiger partial charge >= 0.3 is 0 Å². The summed E-state index contributed by atoms with van der Waals surface area (Å²) in [7, 11) is 3.55. The lowest BCUT2D eigenvalue weighted by atomic mass is 10.2. The van der Waals surface area contributed by atoms with Crippen LogP contribution in [0.15, 0.2) is 29.4 Å². The van der Waals surface area contributed by atoms with Gasteiger partial charge in [0.2, 0.25) is 5.91 Å². The second-order valence-corrected chi connectivity index (χ2v) is 7.07. The standard InChI is InChI=1S/C18H24N4O3S/c1-4-14-11-22(9-10-25-14)16(23)12-26-18-20-19-17(21(18)2)13-5-7-15(24-3)8-6-13/h5-8,14H,4,9-12H2,1-3H3. The van der Waals surface area contributed by atoms with Gasteiger partial charge in [-0.1, -0.05) is 18.7 Å². The van der Waals surface area contributed by atoms with Crippen molar-refractivity contribution in [2.75, 3.05) is 32.6 Å². The van der Waals surface area contributed by atoms with Gasteiger partial charge in [0.1, 0.15) is 5.75 Å². The SMILES string of the molecule is CCC1CN(C(=O)CSc2nnc(-c3ccc(OC)cc3)n2C)CCO1. The van der Waals surface area contributed by atoms with Crippen LogP contribution in [0.3, 0.4) is 0 Å². The number of amides is 1. The third kappa shape index (κ3) is 4.19. The molecule has 1 aliphatic rings. The fourth-order valence-electron chi connectivity index (χ4n) is 2.84. The lowest BCUT2D eigenvalue weighted by Gasteiger charge is -2.32. The molecule has 0 radical (unpaired) electrons. The number of morpholine rings is 1. The van der Waals surface area contributed by atoms with Crippen LogP contribution in [-0.2, 0) is 16.6 Å². The van der Waals surface area contributed by atoms with Crippen LogP contribution in [0.2, 0.25) is 0 Å². The van der Waals surface area contributed by atoms with E-state index in [1.54, 1.807) is 7.11 Å². The monoisotopic (exact) mass is 376 g/mol. The van der Waals surface area contributed by atoms with E-state index in [0.29, 0.717) is 25.4 Å². The molecule has 0 aliphatic carbocycles. The highest BCUT2D eigenvalue weighted by Gasteiger charge is 2.23. The number of thioether (sulfide) groups is 1. The second kappa shape index (κ2) is 8.55. The molecule has 0 spiro atoms. The average Bonchev–Trinajstić information content (AvgIpc) is 3.06. The quantitative estimate of drug-likeness (QED) is 0.720. The van der Waals surface area contributed by atoms with E-state index in [1.165, 1.54) is 11.8 Å². The van der Waals surface area contributed by atoms with Gasteiger partial charge in [0.15, 0.2) is 11.0 Å². The van der Waals surface area contributed by atoms with Gasteiger partial charge in [-0.15, -0.1) is 10.2 Å². The van der Waals surface area contributed by atoms with Gasteiger partial charge in [-0.3, -0.25) is 4.79 Å². The van der Waals surface area contributed by atoms with Crippen LogP contribution in [0.25, 0.3) is 11.4 Å². The minimum Gasteiger partial charge on any atom is -0.497 e. The second-order valence-electron chi connectivity index (χ2n) is 6.12. The summed E-state index contributed by atoms with van der Waals surface area (Å²) in [6, 6.07) is 7.67. The Balaban J connectivity index is 1.62. The summed E-state index contributed by atoms with van der Waals surface area (Å²) in [4.78, 5) is 14.4. The van der Waals surface area contributed by atoms with Crippen LogP contribution in [-0.4, -0.2) is 64.2 Å². The van der Waals surface area contributed by atoms with Crippen molar-refractivity contribution in [3.8, 4) is 17.1 Å². The molecule has 1 atom stereocenters. The zero-order chi connectivity index (χ0) is 18.5. The van der Waals surface area contributed by atoms with Crippen molar-refractivity contribution in [1.29, 1.82) is 0 Å². The molecule has 1 saturated heterocycles. The first-order valence-corrected chi connectivity index (χ1v) is 9.67. The molecule has 1 unspecified atom stereocenters. The summed E-state index contributed by atoms with van der Waals surface area (Å²) >= 11 is 1.41. The molecule has 0 N–H and O–H groups in total. The summed E-state index contributed by atoms with van der Waals surface area (Å²) in [6.07, 6.45) is 1.07. The Morgan fingerprint density at radius 1 is 1.35 bits per heavy atom. The highest BCUT2D eigenvalue weighted by atomic mass is 32.2. The maximum atomic E-state index is 12.5. The Hall–Kier alpha value is -2.06. The molecule has 1 aromatic heterocycles. The maximum Gasteiger partial charge on any atom is 0.233 e. The van der Waals surface area contributed by atoms with E-state index in [2.05, 4.69) is 17.1 Å². The minimum atomic E-state index is 0.116. The van der Waals surface area contributed by atoms with Crippen LogP contribution in [0.5, 0.6) is 5.75 Å². The first-order chi connectivity index (χ1) is 12.6. The van der Waals surface area contributed by atoms with Crippen LogP contribution < -0.4 is 4.74 Å². The largest absolute Gasteiger partial charge is 0.497 e. The zero-order valence-electron chi connectivity index (χ0n) is 15.3. The Morgan fingerprint density at radius 2 is 2.12 bits per heavy atom. The first kappa shape index (κ1) is 18.7. The van der Waals surface area contributed by atoms with Crippen molar-refractivity contribution in [2.45, 2.75) is 24.6 Å². The Morgan fingerprint density at radius 3 is 2.81 bits per heavy atom. The number of hydrogen-bond acceptors (Lipinski definition) is 6. The Kier molecular flexibility index (Phi) is 6.16. The molecule has 2 heterocycles. The summed E-state index contributed by atoms with van der Waals surface area (Å²) in [6.45, 7) is 4.02. The molecule has 1 amide bonds. The fraction of sp³-hybridized carbons (Fsp3) is 0.500. The first-order valence-electron chi connectivity index (χ1n) is 8.68. The third-order valence-corrected chi connectivity index (χ3v) is 5.46. The van der Waals surface area contributed by atoms with E-state index < -0.39 is 0 Å². The Bertz CT molecular complexity index is 747. The molecule has 0 saturated carbocycles. The molecule has 140 valence electrons. The van der Waals surface area contributed by atoms with Gasteiger partial charge in [0.25, 0.3) is 0 Å². The predicted molar refractivity (Wildman–Crippen MR) is 100 cm³/mol. The summed E-state index contributed by atoms with van der Waals surface area (Å²) in [5.74, 6) is 2.03. The molecule has 8 heteroatoms. The summed E-state index contributed by atoms with van der Waals surface area (Å²) in [5.41, 5.74) is 0.956. The van der Waals surface area contributed by atoms with E-state index in [0.717, 1.165) is 28.7 Å². The number of nitrogens with zero attached hydrogens (tertiary/aromatic N) is 4. The lowest BCUT2D eigenvalue weighted by Crippen LogP contribution is -2.46. The number of methoxy groups -OCH3 is 1. The molecule has 0 bridgehead atoms. The number of hydrogen-bond donors (Lipinski definition) is 0. The molecular weight excluding hydrogens is 352 g/mol. The van der Waals surface area contributed by atoms with Crippen LogP contribution in [0.4, 0.5) is 0 Å².